The third-order valence-electron chi connectivity index (χ3n) is 3.97. The van der Waals surface area contributed by atoms with Crippen LogP contribution in [0.2, 0.25) is 0 Å². The number of aliphatic carboxylic acids is 1. The van der Waals surface area contributed by atoms with E-state index in [1.54, 1.807) is 4.90 Å². The van der Waals surface area contributed by atoms with Gasteiger partial charge in [0.05, 0.1) is 6.54 Å². The lowest BCUT2D eigenvalue weighted by Crippen LogP contribution is -2.53. The van der Waals surface area contributed by atoms with Gasteiger partial charge in [-0.3, -0.25) is 14.5 Å². The van der Waals surface area contributed by atoms with E-state index < -0.39 is 12.0 Å². The van der Waals surface area contributed by atoms with Gasteiger partial charge >= 0.3 is 5.97 Å². The number of rotatable bonds is 5. The number of nitrogens with one attached hydrogen (secondary N) is 1. The number of carbonyl (C=O) groups is 2. The van der Waals surface area contributed by atoms with Crippen molar-refractivity contribution in [2.75, 3.05) is 13.1 Å². The Morgan fingerprint density at radius 3 is 2.58 bits per heavy atom. The minimum absolute atomic E-state index is 0.0901. The number of nitrogens with zero attached hydrogens (tertiary/aromatic N) is 1. The Morgan fingerprint density at radius 2 is 2.05 bits per heavy atom. The van der Waals surface area contributed by atoms with Crippen LogP contribution in [0.15, 0.2) is 0 Å². The summed E-state index contributed by atoms with van der Waals surface area (Å²) >= 11 is 0. The first-order valence-electron chi connectivity index (χ1n) is 7.03. The van der Waals surface area contributed by atoms with E-state index in [-0.39, 0.29) is 18.0 Å². The fraction of sp³-hybridized carbons (Fsp3) is 0.857. The molecule has 0 saturated carbocycles. The fourth-order valence-corrected chi connectivity index (χ4v) is 2.33. The largest absolute Gasteiger partial charge is 0.480 e. The van der Waals surface area contributed by atoms with E-state index in [0.717, 1.165) is 12.8 Å². The summed E-state index contributed by atoms with van der Waals surface area (Å²) in [7, 11) is 0. The number of likely N-dealkylation sites (tertiary alicyclic amines) is 1. The van der Waals surface area contributed by atoms with E-state index in [1.807, 2.05) is 20.8 Å². The smallest absolute Gasteiger partial charge is 0.320 e. The molecule has 1 fully saturated rings. The van der Waals surface area contributed by atoms with Gasteiger partial charge in [0.1, 0.15) is 6.04 Å². The van der Waals surface area contributed by atoms with Crippen LogP contribution in [-0.4, -0.2) is 46.6 Å². The van der Waals surface area contributed by atoms with E-state index in [9.17, 15) is 14.7 Å². The van der Waals surface area contributed by atoms with Crippen molar-refractivity contribution in [3.05, 3.63) is 0 Å². The SMILES string of the molecule is CCC(C)(C)NC(=O)CN1CCC(C)CC1C(=O)O. The van der Waals surface area contributed by atoms with Gasteiger partial charge in [-0.1, -0.05) is 13.8 Å². The number of piperidine rings is 1. The molecule has 2 unspecified atom stereocenters. The Balaban J connectivity index is 2.59. The molecule has 1 saturated heterocycles. The number of hydrogen-bond acceptors (Lipinski definition) is 3. The van der Waals surface area contributed by atoms with Gasteiger partial charge < -0.3 is 10.4 Å². The predicted molar refractivity (Wildman–Crippen MR) is 73.9 cm³/mol. The third-order valence-corrected chi connectivity index (χ3v) is 3.97. The van der Waals surface area contributed by atoms with Crippen molar-refractivity contribution in [2.45, 2.75) is 58.5 Å². The van der Waals surface area contributed by atoms with Gasteiger partial charge in [0.2, 0.25) is 5.91 Å². The molecule has 5 heteroatoms. The van der Waals surface area contributed by atoms with Gasteiger partial charge in [-0.25, -0.2) is 0 Å². The van der Waals surface area contributed by atoms with Crippen molar-refractivity contribution >= 4 is 11.9 Å². The second-order valence-electron chi connectivity index (χ2n) is 6.24. The lowest BCUT2D eigenvalue weighted by atomic mass is 9.92. The second-order valence-corrected chi connectivity index (χ2v) is 6.24. The molecule has 1 amide bonds. The van der Waals surface area contributed by atoms with Crippen molar-refractivity contribution < 1.29 is 14.7 Å². The predicted octanol–water partition coefficient (Wildman–Crippen LogP) is 1.48. The molecule has 1 aliphatic rings. The van der Waals surface area contributed by atoms with Gasteiger partial charge in [0, 0.05) is 5.54 Å². The van der Waals surface area contributed by atoms with Crippen LogP contribution in [0.4, 0.5) is 0 Å². The summed E-state index contributed by atoms with van der Waals surface area (Å²) in [6.07, 6.45) is 2.42. The maximum Gasteiger partial charge on any atom is 0.320 e. The van der Waals surface area contributed by atoms with Crippen molar-refractivity contribution in [3.63, 3.8) is 0 Å². The van der Waals surface area contributed by atoms with Crippen molar-refractivity contribution in [2.24, 2.45) is 5.92 Å². The minimum atomic E-state index is -0.825. The quantitative estimate of drug-likeness (QED) is 0.794. The van der Waals surface area contributed by atoms with Crippen LogP contribution in [-0.2, 0) is 9.59 Å². The molecule has 0 bridgehead atoms. The average Bonchev–Trinajstić information content (AvgIpc) is 2.30. The Hall–Kier alpha value is -1.10. The maximum absolute atomic E-state index is 12.0. The Morgan fingerprint density at radius 1 is 1.42 bits per heavy atom. The zero-order chi connectivity index (χ0) is 14.6. The molecule has 0 aromatic heterocycles. The molecular formula is C14H26N2O3. The summed E-state index contributed by atoms with van der Waals surface area (Å²) in [5, 5.41) is 12.2. The molecule has 2 atom stereocenters. The van der Waals surface area contributed by atoms with Crippen LogP contribution in [0.3, 0.4) is 0 Å². The maximum atomic E-state index is 12.0. The highest BCUT2D eigenvalue weighted by molar-refractivity contribution is 5.80. The highest BCUT2D eigenvalue weighted by Crippen LogP contribution is 2.22. The van der Waals surface area contributed by atoms with Crippen LogP contribution < -0.4 is 5.32 Å². The summed E-state index contributed by atoms with van der Waals surface area (Å²) in [5.41, 5.74) is -0.237. The van der Waals surface area contributed by atoms with Crippen LogP contribution >= 0.6 is 0 Å². The molecule has 2 N–H and O–H groups in total. The lowest BCUT2D eigenvalue weighted by molar-refractivity contribution is -0.146. The van der Waals surface area contributed by atoms with Gasteiger partial charge in [-0.15, -0.1) is 0 Å². The fourth-order valence-electron chi connectivity index (χ4n) is 2.33. The molecule has 0 radical (unpaired) electrons. The zero-order valence-electron chi connectivity index (χ0n) is 12.4. The molecule has 0 aromatic carbocycles. The summed E-state index contributed by atoms with van der Waals surface area (Å²) in [4.78, 5) is 25.0. The molecule has 0 spiro atoms. The highest BCUT2D eigenvalue weighted by Gasteiger charge is 2.33. The first-order valence-corrected chi connectivity index (χ1v) is 7.03. The molecule has 0 aliphatic carbocycles. The number of hydrogen-bond donors (Lipinski definition) is 2. The Kier molecular flexibility index (Phi) is 5.35. The lowest BCUT2D eigenvalue weighted by Gasteiger charge is -2.36. The second kappa shape index (κ2) is 6.37. The average molecular weight is 270 g/mol. The minimum Gasteiger partial charge on any atom is -0.480 e. The number of carbonyl (C=O) groups excluding carboxylic acids is 1. The van der Waals surface area contributed by atoms with E-state index in [1.165, 1.54) is 0 Å². The first kappa shape index (κ1) is 16.0. The normalized spacial score (nSPS) is 25.1. The van der Waals surface area contributed by atoms with E-state index in [0.29, 0.717) is 18.9 Å². The highest BCUT2D eigenvalue weighted by atomic mass is 16.4. The standard InChI is InChI=1S/C14H26N2O3/c1-5-14(3,4)15-12(17)9-16-7-6-10(2)8-11(16)13(18)19/h10-11H,5-9H2,1-4H3,(H,15,17)(H,18,19). The molecular weight excluding hydrogens is 244 g/mol. The molecule has 1 heterocycles. The number of carboxylic acids is 1. The Bertz CT molecular complexity index is 342. The summed E-state index contributed by atoms with van der Waals surface area (Å²) in [5.74, 6) is -0.505. The monoisotopic (exact) mass is 270 g/mol. The molecule has 1 rings (SSSR count). The zero-order valence-corrected chi connectivity index (χ0v) is 12.4. The summed E-state index contributed by atoms with van der Waals surface area (Å²) in [6, 6.07) is -0.528. The molecule has 110 valence electrons. The molecule has 1 aliphatic heterocycles. The third kappa shape index (κ3) is 4.82. The van der Waals surface area contributed by atoms with Gasteiger partial charge in [-0.2, -0.15) is 0 Å². The summed E-state index contributed by atoms with van der Waals surface area (Å²) < 4.78 is 0. The Labute approximate surface area is 115 Å². The van der Waals surface area contributed by atoms with Crippen LogP contribution in [0.25, 0.3) is 0 Å². The molecule has 5 nitrogen and oxygen atoms in total. The van der Waals surface area contributed by atoms with Crippen molar-refractivity contribution in [3.8, 4) is 0 Å². The van der Waals surface area contributed by atoms with Crippen molar-refractivity contribution in [1.29, 1.82) is 0 Å². The van der Waals surface area contributed by atoms with Gasteiger partial charge in [0.15, 0.2) is 0 Å². The molecule has 0 aromatic rings. The van der Waals surface area contributed by atoms with Gasteiger partial charge in [-0.05, 0) is 45.6 Å². The first-order chi connectivity index (χ1) is 8.75. The number of carboxylic acid groups (broad SMARTS) is 1. The van der Waals surface area contributed by atoms with Crippen molar-refractivity contribution in [1.82, 2.24) is 10.2 Å². The van der Waals surface area contributed by atoms with E-state index in [4.69, 9.17) is 0 Å². The topological polar surface area (TPSA) is 69.6 Å². The summed E-state index contributed by atoms with van der Waals surface area (Å²) in [6.45, 7) is 8.87. The van der Waals surface area contributed by atoms with Gasteiger partial charge in [0.25, 0.3) is 0 Å². The van der Waals surface area contributed by atoms with E-state index >= 15 is 0 Å². The van der Waals surface area contributed by atoms with Crippen LogP contribution in [0.5, 0.6) is 0 Å². The van der Waals surface area contributed by atoms with E-state index in [2.05, 4.69) is 12.2 Å². The number of amides is 1. The van der Waals surface area contributed by atoms with Crippen LogP contribution in [0, 0.1) is 5.92 Å². The molecule has 19 heavy (non-hydrogen) atoms. The van der Waals surface area contributed by atoms with Crippen LogP contribution in [0.1, 0.15) is 47.0 Å².